The van der Waals surface area contributed by atoms with E-state index < -0.39 is 0 Å². The number of halogens is 1. The van der Waals surface area contributed by atoms with Crippen LogP contribution in [0.15, 0.2) is 18.3 Å². The molecule has 2 aliphatic heterocycles. The Balaban J connectivity index is 1.38. The molecular formula is C23H26FN3O2. The maximum atomic E-state index is 14.9. The summed E-state index contributed by atoms with van der Waals surface area (Å²) in [6, 6.07) is 6.38. The summed E-state index contributed by atoms with van der Waals surface area (Å²) in [6.45, 7) is 1.98. The van der Waals surface area contributed by atoms with Gasteiger partial charge in [0, 0.05) is 35.6 Å². The molecule has 2 aromatic rings. The van der Waals surface area contributed by atoms with Gasteiger partial charge in [0.15, 0.2) is 11.6 Å². The first kappa shape index (κ1) is 18.5. The van der Waals surface area contributed by atoms with E-state index in [9.17, 15) is 14.4 Å². The van der Waals surface area contributed by atoms with Crippen molar-refractivity contribution in [1.29, 1.82) is 5.26 Å². The fourth-order valence-corrected chi connectivity index (χ4v) is 6.38. The number of H-pyrrole nitrogens is 1. The Labute approximate surface area is 169 Å². The number of nitrogens with one attached hydrogen (secondary N) is 1. The minimum atomic E-state index is -0.383. The van der Waals surface area contributed by atoms with Gasteiger partial charge in [0.2, 0.25) is 5.91 Å². The Bertz CT molecular complexity index is 1010. The fraction of sp³-hybridized carbons (Fsp3) is 0.565. The number of aromatic amines is 1. The van der Waals surface area contributed by atoms with Gasteiger partial charge in [-0.05, 0) is 61.6 Å². The van der Waals surface area contributed by atoms with Crippen molar-refractivity contribution in [2.45, 2.75) is 63.5 Å². The maximum absolute atomic E-state index is 14.9. The van der Waals surface area contributed by atoms with Crippen LogP contribution in [-0.2, 0) is 4.79 Å². The molecule has 2 saturated heterocycles. The fourth-order valence-electron chi connectivity index (χ4n) is 6.38. The van der Waals surface area contributed by atoms with E-state index in [2.05, 4.69) is 16.0 Å². The zero-order valence-electron chi connectivity index (χ0n) is 16.9. The standard InChI is InChI=1S/C23H26FN3O2/c1-13(17-11-26-18-3-4-19(29-2)22(24)21(17)18)5-20(28)27-15-6-14-7-16(27)10-23(8-14,9-15)12-25/h3-4,11,13-16,26H,5-10H2,1-2H3. The van der Waals surface area contributed by atoms with Crippen molar-refractivity contribution in [3.05, 3.63) is 29.7 Å². The second-order valence-electron chi connectivity index (χ2n) is 9.30. The Morgan fingerprint density at radius 1 is 1.38 bits per heavy atom. The van der Waals surface area contributed by atoms with Crippen LogP contribution < -0.4 is 4.74 Å². The van der Waals surface area contributed by atoms with Gasteiger partial charge in [-0.2, -0.15) is 5.26 Å². The number of carbonyl (C=O) groups excluding carboxylic acids is 1. The van der Waals surface area contributed by atoms with E-state index >= 15 is 0 Å². The Kier molecular flexibility index (Phi) is 4.13. The van der Waals surface area contributed by atoms with Crippen LogP contribution in [-0.4, -0.2) is 35.0 Å². The molecule has 6 heteroatoms. The smallest absolute Gasteiger partial charge is 0.223 e. The topological polar surface area (TPSA) is 69.1 Å². The first-order chi connectivity index (χ1) is 13.9. The Morgan fingerprint density at radius 2 is 2.10 bits per heavy atom. The maximum Gasteiger partial charge on any atom is 0.223 e. The minimum Gasteiger partial charge on any atom is -0.494 e. The predicted molar refractivity (Wildman–Crippen MR) is 107 cm³/mol. The number of hydrogen-bond donors (Lipinski definition) is 1. The van der Waals surface area contributed by atoms with Gasteiger partial charge in [-0.25, -0.2) is 4.39 Å². The molecule has 152 valence electrons. The zero-order chi connectivity index (χ0) is 20.3. The van der Waals surface area contributed by atoms with Gasteiger partial charge in [-0.3, -0.25) is 4.79 Å². The lowest BCUT2D eigenvalue weighted by molar-refractivity contribution is -0.153. The van der Waals surface area contributed by atoms with Crippen LogP contribution >= 0.6 is 0 Å². The molecule has 4 bridgehead atoms. The molecule has 1 aromatic heterocycles. The van der Waals surface area contributed by atoms with Crippen molar-refractivity contribution in [3.63, 3.8) is 0 Å². The highest BCUT2D eigenvalue weighted by molar-refractivity contribution is 5.87. The highest BCUT2D eigenvalue weighted by atomic mass is 19.1. The molecule has 3 unspecified atom stereocenters. The first-order valence-corrected chi connectivity index (χ1v) is 10.5. The monoisotopic (exact) mass is 395 g/mol. The van der Waals surface area contributed by atoms with Crippen molar-refractivity contribution >= 4 is 16.8 Å². The van der Waals surface area contributed by atoms with E-state index in [1.165, 1.54) is 7.11 Å². The number of hydrogen-bond acceptors (Lipinski definition) is 3. The van der Waals surface area contributed by atoms with E-state index in [0.29, 0.717) is 23.2 Å². The SMILES string of the molecule is COc1ccc2[nH]cc(C(C)CC(=O)N3C4CC5CC3CC(C#N)(C5)C4)c2c1F. The average Bonchev–Trinajstić information content (AvgIpc) is 3.12. The number of carbonyl (C=O) groups is 1. The third-order valence-electron chi connectivity index (χ3n) is 7.46. The van der Waals surface area contributed by atoms with Crippen LogP contribution in [0.3, 0.4) is 0 Å². The number of nitriles is 1. The van der Waals surface area contributed by atoms with E-state index in [1.807, 2.05) is 13.1 Å². The van der Waals surface area contributed by atoms with Crippen molar-refractivity contribution in [3.8, 4) is 11.8 Å². The highest BCUT2D eigenvalue weighted by Gasteiger charge is 2.55. The van der Waals surface area contributed by atoms with Crippen molar-refractivity contribution in [1.82, 2.24) is 9.88 Å². The van der Waals surface area contributed by atoms with Gasteiger partial charge >= 0.3 is 0 Å². The summed E-state index contributed by atoms with van der Waals surface area (Å²) in [5, 5.41) is 10.2. The minimum absolute atomic E-state index is 0.111. The van der Waals surface area contributed by atoms with Gasteiger partial charge < -0.3 is 14.6 Å². The molecule has 1 amide bonds. The number of nitrogens with zero attached hydrogens (tertiary/aromatic N) is 2. The molecule has 4 fully saturated rings. The summed E-state index contributed by atoms with van der Waals surface area (Å²) in [5.74, 6) is 0.440. The van der Waals surface area contributed by atoms with E-state index in [0.717, 1.165) is 37.7 Å². The Morgan fingerprint density at radius 3 is 2.76 bits per heavy atom. The summed E-state index contributed by atoms with van der Waals surface area (Å²) in [7, 11) is 1.46. The number of methoxy groups -OCH3 is 1. The van der Waals surface area contributed by atoms with Gasteiger partial charge in [0.1, 0.15) is 0 Å². The van der Waals surface area contributed by atoms with Crippen LogP contribution in [0.1, 0.15) is 56.9 Å². The zero-order valence-corrected chi connectivity index (χ0v) is 16.9. The number of rotatable bonds is 4. The quantitative estimate of drug-likeness (QED) is 0.829. The molecule has 3 heterocycles. The second-order valence-corrected chi connectivity index (χ2v) is 9.30. The number of fused-ring (bicyclic) bond motifs is 1. The van der Waals surface area contributed by atoms with Gasteiger partial charge in [-0.15, -0.1) is 0 Å². The van der Waals surface area contributed by atoms with Crippen LogP contribution in [0, 0.1) is 28.5 Å². The average molecular weight is 395 g/mol. The third kappa shape index (κ3) is 2.74. The molecule has 2 saturated carbocycles. The van der Waals surface area contributed by atoms with E-state index in [4.69, 9.17) is 4.74 Å². The lowest BCUT2D eigenvalue weighted by atomic mass is 9.56. The molecule has 3 atom stereocenters. The molecule has 0 spiro atoms. The van der Waals surface area contributed by atoms with Crippen LogP contribution in [0.5, 0.6) is 5.75 Å². The van der Waals surface area contributed by atoms with E-state index in [1.54, 1.807) is 12.1 Å². The molecule has 1 aromatic carbocycles. The molecule has 6 rings (SSSR count). The van der Waals surface area contributed by atoms with E-state index in [-0.39, 0.29) is 40.9 Å². The van der Waals surface area contributed by atoms with Gasteiger partial charge in [0.05, 0.1) is 18.6 Å². The first-order valence-electron chi connectivity index (χ1n) is 10.5. The summed E-state index contributed by atoms with van der Waals surface area (Å²) >= 11 is 0. The number of aromatic nitrogens is 1. The molecular weight excluding hydrogens is 369 g/mol. The molecule has 29 heavy (non-hydrogen) atoms. The summed E-state index contributed by atoms with van der Waals surface area (Å²) in [5.41, 5.74) is 1.31. The molecule has 4 aliphatic rings. The molecule has 1 N–H and O–H groups in total. The summed E-state index contributed by atoms with van der Waals surface area (Å²) in [6.07, 6.45) is 6.84. The van der Waals surface area contributed by atoms with Crippen LogP contribution in [0.2, 0.25) is 0 Å². The van der Waals surface area contributed by atoms with Crippen LogP contribution in [0.25, 0.3) is 10.9 Å². The summed E-state index contributed by atoms with van der Waals surface area (Å²) in [4.78, 5) is 18.5. The molecule has 2 aliphatic carbocycles. The number of piperidine rings is 2. The number of benzene rings is 1. The van der Waals surface area contributed by atoms with Gasteiger partial charge in [-0.1, -0.05) is 6.92 Å². The molecule has 5 nitrogen and oxygen atoms in total. The lowest BCUT2D eigenvalue weighted by Gasteiger charge is -2.59. The molecule has 0 radical (unpaired) electrons. The second kappa shape index (κ2) is 6.48. The van der Waals surface area contributed by atoms with Gasteiger partial charge in [0.25, 0.3) is 0 Å². The largest absolute Gasteiger partial charge is 0.494 e. The van der Waals surface area contributed by atoms with Crippen molar-refractivity contribution < 1.29 is 13.9 Å². The normalized spacial score (nSPS) is 31.1. The van der Waals surface area contributed by atoms with Crippen molar-refractivity contribution in [2.75, 3.05) is 7.11 Å². The Hall–Kier alpha value is -2.55. The number of amides is 1. The number of ether oxygens (including phenoxy) is 1. The summed E-state index contributed by atoms with van der Waals surface area (Å²) < 4.78 is 20.0. The predicted octanol–water partition coefficient (Wildman–Crippen LogP) is 4.49. The van der Waals surface area contributed by atoms with Crippen molar-refractivity contribution in [2.24, 2.45) is 11.3 Å². The third-order valence-corrected chi connectivity index (χ3v) is 7.46. The van der Waals surface area contributed by atoms with Crippen LogP contribution in [0.4, 0.5) is 4.39 Å². The lowest BCUT2D eigenvalue weighted by Crippen LogP contribution is -2.63. The highest BCUT2D eigenvalue weighted by Crippen LogP contribution is 2.56.